The van der Waals surface area contributed by atoms with Gasteiger partial charge in [-0.05, 0) is 31.1 Å². The predicted octanol–water partition coefficient (Wildman–Crippen LogP) is 3.39. The van der Waals surface area contributed by atoms with Gasteiger partial charge in [-0.2, -0.15) is 0 Å². The third-order valence-electron chi connectivity index (χ3n) is 3.86. The molecule has 0 heterocycles. The highest BCUT2D eigenvalue weighted by molar-refractivity contribution is 5.82. The molecule has 0 aromatic heterocycles. The fraction of sp³-hybridized carbons (Fsp3) is 0.857. The lowest BCUT2D eigenvalue weighted by molar-refractivity contribution is -0.128. The van der Waals surface area contributed by atoms with Gasteiger partial charge >= 0.3 is 0 Å². The second-order valence-corrected chi connectivity index (χ2v) is 5.24. The quantitative estimate of drug-likeness (QED) is 0.648. The van der Waals surface area contributed by atoms with Gasteiger partial charge in [-0.1, -0.05) is 26.7 Å². The maximum Gasteiger partial charge on any atom is 0.136 e. The highest BCUT2D eigenvalue weighted by Crippen LogP contribution is 2.35. The summed E-state index contributed by atoms with van der Waals surface area (Å²) in [7, 11) is 0. The first-order valence-electron chi connectivity index (χ1n) is 6.65. The number of carbonyl (C=O) groups is 2. The molecular weight excluding hydrogens is 200 g/mol. The Labute approximate surface area is 98.8 Å². The third kappa shape index (κ3) is 3.73. The third-order valence-corrected chi connectivity index (χ3v) is 3.86. The van der Waals surface area contributed by atoms with Crippen molar-refractivity contribution in [3.8, 4) is 0 Å². The smallest absolute Gasteiger partial charge is 0.136 e. The number of carbonyl (C=O) groups excluding carboxylic acids is 2. The lowest BCUT2D eigenvalue weighted by atomic mass is 9.71. The van der Waals surface area contributed by atoms with Crippen LogP contribution in [0.5, 0.6) is 0 Å². The Morgan fingerprint density at radius 2 is 2.12 bits per heavy atom. The summed E-state index contributed by atoms with van der Waals surface area (Å²) in [6, 6.07) is 0. The van der Waals surface area contributed by atoms with E-state index >= 15 is 0 Å². The molecule has 2 heteroatoms. The first-order chi connectivity index (χ1) is 7.69. The van der Waals surface area contributed by atoms with Gasteiger partial charge < -0.3 is 4.79 Å². The standard InChI is InChI=1S/C14H24O2/c1-3-4-7-13-11(2)9-12(6-5-8-15)10-14(13)16/h8,11-13H,3-7,9-10H2,1-2H3/t11-,12+,13?/m1/s1. The van der Waals surface area contributed by atoms with Gasteiger partial charge in [0.15, 0.2) is 0 Å². The Kier molecular flexibility index (Phi) is 5.72. The number of rotatable bonds is 6. The fourth-order valence-electron chi connectivity index (χ4n) is 2.92. The van der Waals surface area contributed by atoms with Crippen LogP contribution in [0.15, 0.2) is 0 Å². The minimum absolute atomic E-state index is 0.299. The normalized spacial score (nSPS) is 30.4. The summed E-state index contributed by atoms with van der Waals surface area (Å²) in [5, 5.41) is 0. The van der Waals surface area contributed by atoms with Gasteiger partial charge in [-0.25, -0.2) is 0 Å². The molecule has 0 aliphatic heterocycles. The lowest BCUT2D eigenvalue weighted by Gasteiger charge is -2.32. The Bertz CT molecular complexity index is 235. The second kappa shape index (κ2) is 6.82. The van der Waals surface area contributed by atoms with E-state index in [1.165, 1.54) is 12.8 Å². The van der Waals surface area contributed by atoms with Crippen molar-refractivity contribution in [1.29, 1.82) is 0 Å². The van der Waals surface area contributed by atoms with E-state index < -0.39 is 0 Å². The van der Waals surface area contributed by atoms with Crippen molar-refractivity contribution in [3.63, 3.8) is 0 Å². The summed E-state index contributed by atoms with van der Waals surface area (Å²) in [5.74, 6) is 1.73. The summed E-state index contributed by atoms with van der Waals surface area (Å²) in [4.78, 5) is 22.3. The highest BCUT2D eigenvalue weighted by atomic mass is 16.1. The van der Waals surface area contributed by atoms with Crippen LogP contribution in [0.1, 0.15) is 58.8 Å². The van der Waals surface area contributed by atoms with Gasteiger partial charge in [0.25, 0.3) is 0 Å². The molecule has 1 aliphatic carbocycles. The first kappa shape index (κ1) is 13.4. The van der Waals surface area contributed by atoms with Gasteiger partial charge in [0.05, 0.1) is 0 Å². The Hall–Kier alpha value is -0.660. The number of unbranched alkanes of at least 4 members (excludes halogenated alkanes) is 1. The molecule has 0 spiro atoms. The van der Waals surface area contributed by atoms with Gasteiger partial charge in [-0.15, -0.1) is 0 Å². The zero-order valence-electron chi connectivity index (χ0n) is 10.6. The van der Waals surface area contributed by atoms with E-state index in [1.54, 1.807) is 0 Å². The molecule has 0 N–H and O–H groups in total. The summed E-state index contributed by atoms with van der Waals surface area (Å²) in [5.41, 5.74) is 0. The van der Waals surface area contributed by atoms with E-state index in [4.69, 9.17) is 0 Å². The van der Waals surface area contributed by atoms with Crippen molar-refractivity contribution in [2.24, 2.45) is 17.8 Å². The van der Waals surface area contributed by atoms with Crippen LogP contribution in [-0.4, -0.2) is 12.1 Å². The molecule has 1 fully saturated rings. The molecular formula is C14H24O2. The molecule has 0 radical (unpaired) electrons. The van der Waals surface area contributed by atoms with Crippen LogP contribution in [-0.2, 0) is 9.59 Å². The van der Waals surface area contributed by atoms with E-state index in [2.05, 4.69) is 13.8 Å². The minimum atomic E-state index is 0.299. The summed E-state index contributed by atoms with van der Waals surface area (Å²) in [6.07, 6.45) is 7.74. The maximum atomic E-state index is 12.0. The van der Waals surface area contributed by atoms with E-state index in [9.17, 15) is 9.59 Å². The maximum absolute atomic E-state index is 12.0. The van der Waals surface area contributed by atoms with Crippen LogP contribution < -0.4 is 0 Å². The summed E-state index contributed by atoms with van der Waals surface area (Å²) >= 11 is 0. The van der Waals surface area contributed by atoms with E-state index in [0.717, 1.165) is 25.5 Å². The first-order valence-corrected chi connectivity index (χ1v) is 6.65. The monoisotopic (exact) mass is 224 g/mol. The SMILES string of the molecule is CCCCC1C(=O)C[C@@H](CCC=O)C[C@H]1C. The molecule has 1 rings (SSSR count). The second-order valence-electron chi connectivity index (χ2n) is 5.24. The van der Waals surface area contributed by atoms with Crippen molar-refractivity contribution in [3.05, 3.63) is 0 Å². The van der Waals surface area contributed by atoms with Crippen LogP contribution in [0.4, 0.5) is 0 Å². The fourth-order valence-corrected chi connectivity index (χ4v) is 2.92. The van der Waals surface area contributed by atoms with Crippen molar-refractivity contribution >= 4 is 12.1 Å². The Morgan fingerprint density at radius 3 is 2.69 bits per heavy atom. The summed E-state index contributed by atoms with van der Waals surface area (Å²) < 4.78 is 0. The average Bonchev–Trinajstić information content (AvgIpc) is 2.25. The zero-order chi connectivity index (χ0) is 12.0. The van der Waals surface area contributed by atoms with E-state index in [1.807, 2.05) is 0 Å². The molecule has 0 saturated heterocycles. The van der Waals surface area contributed by atoms with Gasteiger partial charge in [-0.3, -0.25) is 4.79 Å². The molecule has 1 saturated carbocycles. The number of hydrogen-bond donors (Lipinski definition) is 0. The Balaban J connectivity index is 2.43. The number of ketones is 1. The van der Waals surface area contributed by atoms with Crippen LogP contribution in [0, 0.1) is 17.8 Å². The molecule has 0 bridgehead atoms. The van der Waals surface area contributed by atoms with Crippen molar-refractivity contribution in [2.45, 2.75) is 58.8 Å². The topological polar surface area (TPSA) is 34.1 Å². The molecule has 1 unspecified atom stereocenters. The molecule has 92 valence electrons. The largest absolute Gasteiger partial charge is 0.303 e. The number of Topliss-reactive ketones (excluding diaryl/α,β-unsaturated/α-hetero) is 1. The molecule has 2 nitrogen and oxygen atoms in total. The van der Waals surface area contributed by atoms with Crippen LogP contribution in [0.25, 0.3) is 0 Å². The lowest BCUT2D eigenvalue weighted by Crippen LogP contribution is -2.31. The number of aldehydes is 1. The Morgan fingerprint density at radius 1 is 1.38 bits per heavy atom. The van der Waals surface area contributed by atoms with Gasteiger partial charge in [0.2, 0.25) is 0 Å². The van der Waals surface area contributed by atoms with Gasteiger partial charge in [0.1, 0.15) is 12.1 Å². The van der Waals surface area contributed by atoms with Crippen molar-refractivity contribution < 1.29 is 9.59 Å². The minimum Gasteiger partial charge on any atom is -0.303 e. The molecule has 0 aromatic carbocycles. The zero-order valence-corrected chi connectivity index (χ0v) is 10.6. The number of hydrogen-bond acceptors (Lipinski definition) is 2. The molecule has 0 aromatic rings. The van der Waals surface area contributed by atoms with Crippen molar-refractivity contribution in [2.75, 3.05) is 0 Å². The summed E-state index contributed by atoms with van der Waals surface area (Å²) in [6.45, 7) is 4.37. The van der Waals surface area contributed by atoms with Crippen LogP contribution >= 0.6 is 0 Å². The van der Waals surface area contributed by atoms with E-state index in [-0.39, 0.29) is 0 Å². The van der Waals surface area contributed by atoms with Crippen molar-refractivity contribution in [1.82, 2.24) is 0 Å². The molecule has 16 heavy (non-hydrogen) atoms. The highest BCUT2D eigenvalue weighted by Gasteiger charge is 2.33. The van der Waals surface area contributed by atoms with E-state index in [0.29, 0.717) is 36.4 Å². The van der Waals surface area contributed by atoms with Gasteiger partial charge in [0, 0.05) is 18.8 Å². The predicted molar refractivity (Wildman–Crippen MR) is 65.2 cm³/mol. The average molecular weight is 224 g/mol. The molecule has 0 amide bonds. The molecule has 1 aliphatic rings. The van der Waals surface area contributed by atoms with Crippen LogP contribution in [0.2, 0.25) is 0 Å². The molecule has 3 atom stereocenters. The van der Waals surface area contributed by atoms with Crippen LogP contribution in [0.3, 0.4) is 0 Å².